The molecule has 0 saturated heterocycles. The molecule has 2 aliphatic carbocycles. The predicted octanol–water partition coefficient (Wildman–Crippen LogP) is 4.39. The summed E-state index contributed by atoms with van der Waals surface area (Å²) >= 11 is 0. The Labute approximate surface area is 107 Å². The summed E-state index contributed by atoms with van der Waals surface area (Å²) in [6.45, 7) is 11.7. The van der Waals surface area contributed by atoms with E-state index in [0.717, 1.165) is 18.8 Å². The van der Waals surface area contributed by atoms with Gasteiger partial charge in [-0.15, -0.1) is 0 Å². The van der Waals surface area contributed by atoms with Crippen LogP contribution in [0.4, 0.5) is 0 Å². The summed E-state index contributed by atoms with van der Waals surface area (Å²) in [4.78, 5) is 0. The molecule has 0 radical (unpaired) electrons. The van der Waals surface area contributed by atoms with Crippen molar-refractivity contribution in [2.45, 2.75) is 78.7 Å². The minimum atomic E-state index is -0.437. The fourth-order valence-corrected chi connectivity index (χ4v) is 5.53. The zero-order valence-corrected chi connectivity index (χ0v) is 12.3. The molecule has 1 N–H and O–H groups in total. The molecule has 0 aliphatic heterocycles. The Hall–Kier alpha value is -0.0400. The minimum absolute atomic E-state index is 0.359. The molecule has 17 heavy (non-hydrogen) atoms. The Balaban J connectivity index is 2.37. The fourth-order valence-electron chi connectivity index (χ4n) is 5.53. The number of hydrogen-bond acceptors (Lipinski definition) is 1. The van der Waals surface area contributed by atoms with E-state index in [1.807, 2.05) is 0 Å². The van der Waals surface area contributed by atoms with E-state index in [2.05, 4.69) is 34.6 Å². The highest BCUT2D eigenvalue weighted by molar-refractivity contribution is 5.06. The zero-order chi connectivity index (χ0) is 12.9. The zero-order valence-electron chi connectivity index (χ0n) is 12.3. The first-order chi connectivity index (χ1) is 7.74. The smallest absolute Gasteiger partial charge is 0.0653 e. The molecule has 0 amide bonds. The van der Waals surface area contributed by atoms with Crippen molar-refractivity contribution in [2.24, 2.45) is 22.7 Å². The standard InChI is InChI=1S/C16H30O/c1-6-12-15(4)10-7-9-14(2,3)13(15)8-11-16(12,5)17/h12-13,17H,6-11H2,1-5H3/t12-,13+,15-,16-/m1/s1. The van der Waals surface area contributed by atoms with E-state index in [9.17, 15) is 5.11 Å². The molecule has 4 atom stereocenters. The molecule has 0 unspecified atom stereocenters. The van der Waals surface area contributed by atoms with Gasteiger partial charge in [0.25, 0.3) is 0 Å². The van der Waals surface area contributed by atoms with Crippen LogP contribution in [0.1, 0.15) is 73.1 Å². The normalized spacial score (nSPS) is 49.8. The third kappa shape index (κ3) is 1.95. The number of rotatable bonds is 1. The van der Waals surface area contributed by atoms with E-state index in [1.165, 1.54) is 25.7 Å². The van der Waals surface area contributed by atoms with Crippen molar-refractivity contribution in [1.29, 1.82) is 0 Å². The van der Waals surface area contributed by atoms with Gasteiger partial charge >= 0.3 is 0 Å². The van der Waals surface area contributed by atoms with Crippen LogP contribution in [0.25, 0.3) is 0 Å². The van der Waals surface area contributed by atoms with Crippen molar-refractivity contribution in [3.63, 3.8) is 0 Å². The van der Waals surface area contributed by atoms with Crippen LogP contribution in [0, 0.1) is 22.7 Å². The van der Waals surface area contributed by atoms with E-state index < -0.39 is 5.60 Å². The second kappa shape index (κ2) is 3.98. The van der Waals surface area contributed by atoms with Crippen molar-refractivity contribution < 1.29 is 5.11 Å². The summed E-state index contributed by atoms with van der Waals surface area (Å²) in [6.07, 6.45) is 7.35. The third-order valence-electron chi connectivity index (χ3n) is 6.17. The molecule has 1 heteroatoms. The highest BCUT2D eigenvalue weighted by atomic mass is 16.3. The van der Waals surface area contributed by atoms with Crippen LogP contribution in [-0.4, -0.2) is 10.7 Å². The molecule has 100 valence electrons. The quantitative estimate of drug-likeness (QED) is 0.718. The molecule has 1 nitrogen and oxygen atoms in total. The second-order valence-corrected chi connectivity index (χ2v) is 7.76. The van der Waals surface area contributed by atoms with Crippen molar-refractivity contribution >= 4 is 0 Å². The van der Waals surface area contributed by atoms with Gasteiger partial charge in [0.1, 0.15) is 0 Å². The lowest BCUT2D eigenvalue weighted by atomic mass is 9.45. The SMILES string of the molecule is CC[C@@H]1[C@@]2(C)CCCC(C)(C)[C@@H]2CC[C@@]1(C)O. The molecule has 2 aliphatic rings. The maximum absolute atomic E-state index is 10.7. The highest BCUT2D eigenvalue weighted by Gasteiger charge is 2.57. The molecule has 0 bridgehead atoms. The minimum Gasteiger partial charge on any atom is -0.390 e. The predicted molar refractivity (Wildman–Crippen MR) is 72.9 cm³/mol. The summed E-state index contributed by atoms with van der Waals surface area (Å²) < 4.78 is 0. The van der Waals surface area contributed by atoms with Crippen LogP contribution in [0.3, 0.4) is 0 Å². The van der Waals surface area contributed by atoms with Gasteiger partial charge in [0.05, 0.1) is 5.60 Å². The Morgan fingerprint density at radius 3 is 2.29 bits per heavy atom. The largest absolute Gasteiger partial charge is 0.390 e. The molecule has 2 fully saturated rings. The molecule has 0 heterocycles. The Morgan fingerprint density at radius 1 is 1.06 bits per heavy atom. The van der Waals surface area contributed by atoms with Gasteiger partial charge in [-0.25, -0.2) is 0 Å². The number of fused-ring (bicyclic) bond motifs is 1. The molecule has 0 aromatic carbocycles. The molecule has 2 rings (SSSR count). The van der Waals surface area contributed by atoms with Crippen LogP contribution >= 0.6 is 0 Å². The van der Waals surface area contributed by atoms with Gasteiger partial charge in [-0.2, -0.15) is 0 Å². The fraction of sp³-hybridized carbons (Fsp3) is 1.00. The highest BCUT2D eigenvalue weighted by Crippen LogP contribution is 2.62. The molecule has 2 saturated carbocycles. The van der Waals surface area contributed by atoms with Gasteiger partial charge in [0.2, 0.25) is 0 Å². The van der Waals surface area contributed by atoms with E-state index in [4.69, 9.17) is 0 Å². The molecular formula is C16H30O. The van der Waals surface area contributed by atoms with Gasteiger partial charge in [-0.3, -0.25) is 0 Å². The lowest BCUT2D eigenvalue weighted by molar-refractivity contribution is -0.167. The second-order valence-electron chi connectivity index (χ2n) is 7.76. The van der Waals surface area contributed by atoms with Crippen molar-refractivity contribution in [2.75, 3.05) is 0 Å². The monoisotopic (exact) mass is 238 g/mol. The summed E-state index contributed by atoms with van der Waals surface area (Å²) in [6, 6.07) is 0. The van der Waals surface area contributed by atoms with Crippen molar-refractivity contribution in [1.82, 2.24) is 0 Å². The van der Waals surface area contributed by atoms with Gasteiger partial charge in [-0.1, -0.05) is 40.5 Å². The van der Waals surface area contributed by atoms with Crippen LogP contribution < -0.4 is 0 Å². The molecule has 0 spiro atoms. The van der Waals surface area contributed by atoms with Crippen LogP contribution in [0.15, 0.2) is 0 Å². The van der Waals surface area contributed by atoms with E-state index in [-0.39, 0.29) is 0 Å². The van der Waals surface area contributed by atoms with Gasteiger partial charge in [0.15, 0.2) is 0 Å². The maximum atomic E-state index is 10.7. The first-order valence-electron chi connectivity index (χ1n) is 7.46. The summed E-state index contributed by atoms with van der Waals surface area (Å²) in [5, 5.41) is 10.7. The van der Waals surface area contributed by atoms with E-state index >= 15 is 0 Å². The lowest BCUT2D eigenvalue weighted by Gasteiger charge is -2.61. The number of hydrogen-bond donors (Lipinski definition) is 1. The first kappa shape index (κ1) is 13.4. The Kier molecular flexibility index (Phi) is 3.14. The molecule has 0 aromatic rings. The van der Waals surface area contributed by atoms with Gasteiger partial charge < -0.3 is 5.11 Å². The Morgan fingerprint density at radius 2 is 1.71 bits per heavy atom. The summed E-state index contributed by atoms with van der Waals surface area (Å²) in [5.41, 5.74) is 0.391. The van der Waals surface area contributed by atoms with Crippen LogP contribution in [0.2, 0.25) is 0 Å². The number of aliphatic hydroxyl groups is 1. The van der Waals surface area contributed by atoms with Crippen LogP contribution in [-0.2, 0) is 0 Å². The van der Waals surface area contributed by atoms with Crippen molar-refractivity contribution in [3.8, 4) is 0 Å². The summed E-state index contributed by atoms with van der Waals surface area (Å²) in [7, 11) is 0. The average molecular weight is 238 g/mol. The van der Waals surface area contributed by atoms with E-state index in [1.54, 1.807) is 0 Å². The average Bonchev–Trinajstić information content (AvgIpc) is 2.14. The molecule has 0 aromatic heterocycles. The van der Waals surface area contributed by atoms with Crippen molar-refractivity contribution in [3.05, 3.63) is 0 Å². The topological polar surface area (TPSA) is 20.2 Å². The van der Waals surface area contributed by atoms with Gasteiger partial charge in [-0.05, 0) is 55.3 Å². The Bertz CT molecular complexity index is 280. The van der Waals surface area contributed by atoms with E-state index in [0.29, 0.717) is 16.7 Å². The van der Waals surface area contributed by atoms with Gasteiger partial charge in [0, 0.05) is 0 Å². The first-order valence-corrected chi connectivity index (χ1v) is 7.46. The maximum Gasteiger partial charge on any atom is 0.0653 e. The molecular weight excluding hydrogens is 208 g/mol. The lowest BCUT2D eigenvalue weighted by Crippen LogP contribution is -2.57. The third-order valence-corrected chi connectivity index (χ3v) is 6.17. The summed E-state index contributed by atoms with van der Waals surface area (Å²) in [5.74, 6) is 1.28. The van der Waals surface area contributed by atoms with Crippen LogP contribution in [0.5, 0.6) is 0 Å².